The summed E-state index contributed by atoms with van der Waals surface area (Å²) in [5.41, 5.74) is -0.340. The monoisotopic (exact) mass is 386 g/mol. The fraction of sp³-hybridized carbons (Fsp3) is 0.857. The highest BCUT2D eigenvalue weighted by Crippen LogP contribution is 2.48. The van der Waals surface area contributed by atoms with E-state index in [-0.39, 0.29) is 44.1 Å². The molecule has 8 nitrogen and oxygen atoms in total. The second-order valence-corrected chi connectivity index (χ2v) is 8.62. The van der Waals surface area contributed by atoms with Gasteiger partial charge in [0.1, 0.15) is 5.49 Å². The summed E-state index contributed by atoms with van der Waals surface area (Å²) in [7, 11) is -5.18. The summed E-state index contributed by atoms with van der Waals surface area (Å²) in [5, 5.41) is 0. The average molecular weight is 386 g/mol. The third kappa shape index (κ3) is 9.52. The van der Waals surface area contributed by atoms with Crippen LogP contribution in [0.5, 0.6) is 0 Å². The lowest BCUT2D eigenvalue weighted by Crippen LogP contribution is -2.28. The lowest BCUT2D eigenvalue weighted by molar-refractivity contribution is -0.153. The normalized spacial score (nSPS) is 14.0. The maximum atomic E-state index is 12.4. The third-order valence-corrected chi connectivity index (χ3v) is 7.17. The number of carbonyl (C=O) groups excluding carboxylic acids is 2. The quantitative estimate of drug-likeness (QED) is 0.350. The van der Waals surface area contributed by atoms with E-state index in [1.54, 1.807) is 27.7 Å². The second-order valence-electron chi connectivity index (χ2n) is 4.64. The molecule has 0 spiro atoms. The largest absolute Gasteiger partial charge is 0.466 e. The molecule has 0 radical (unpaired) electrons. The van der Waals surface area contributed by atoms with Crippen molar-refractivity contribution in [2.75, 3.05) is 37.7 Å². The Labute approximate surface area is 145 Å². The van der Waals surface area contributed by atoms with E-state index in [0.717, 1.165) is 0 Å². The Morgan fingerprint density at radius 1 is 0.958 bits per heavy atom. The van der Waals surface area contributed by atoms with Crippen molar-refractivity contribution in [2.24, 2.45) is 5.92 Å². The summed E-state index contributed by atoms with van der Waals surface area (Å²) in [4.78, 5) is 23.5. The van der Waals surface area contributed by atoms with E-state index in [1.807, 2.05) is 0 Å². The van der Waals surface area contributed by atoms with Crippen LogP contribution >= 0.6 is 7.60 Å². The summed E-state index contributed by atoms with van der Waals surface area (Å²) in [6.07, 6.45) is -0.244. The summed E-state index contributed by atoms with van der Waals surface area (Å²) < 4.78 is 44.5. The van der Waals surface area contributed by atoms with Crippen LogP contribution in [0, 0.1) is 5.92 Å². The third-order valence-electron chi connectivity index (χ3n) is 2.68. The minimum Gasteiger partial charge on any atom is -0.466 e. The fourth-order valence-corrected chi connectivity index (χ4v) is 5.84. The maximum absolute atomic E-state index is 12.4. The van der Waals surface area contributed by atoms with Gasteiger partial charge >= 0.3 is 19.5 Å². The molecule has 2 atom stereocenters. The number of hydrogen-bond acceptors (Lipinski definition) is 8. The molecule has 0 aliphatic rings. The summed E-state index contributed by atoms with van der Waals surface area (Å²) in [6.45, 7) is 7.21. The first-order valence-corrected chi connectivity index (χ1v) is 11.1. The van der Waals surface area contributed by atoms with E-state index < -0.39 is 36.3 Å². The van der Waals surface area contributed by atoms with E-state index >= 15 is 0 Å². The average Bonchev–Trinajstić information content (AvgIpc) is 2.47. The van der Waals surface area contributed by atoms with Crippen molar-refractivity contribution >= 4 is 30.3 Å². The van der Waals surface area contributed by atoms with Crippen LogP contribution in [0.25, 0.3) is 0 Å². The van der Waals surface area contributed by atoms with Crippen molar-refractivity contribution in [3.8, 4) is 0 Å². The van der Waals surface area contributed by atoms with E-state index in [1.165, 1.54) is 0 Å². The highest BCUT2D eigenvalue weighted by Gasteiger charge is 2.31. The maximum Gasteiger partial charge on any atom is 0.343 e. The smallest absolute Gasteiger partial charge is 0.343 e. The fourth-order valence-electron chi connectivity index (χ4n) is 1.85. The first kappa shape index (κ1) is 23.2. The van der Waals surface area contributed by atoms with Gasteiger partial charge < -0.3 is 18.5 Å². The van der Waals surface area contributed by atoms with Crippen molar-refractivity contribution < 1.29 is 36.9 Å². The predicted octanol–water partition coefficient (Wildman–Crippen LogP) is 2.09. The lowest BCUT2D eigenvalue weighted by atomic mass is 10.1. The Balaban J connectivity index is 4.92. The molecule has 0 fully saturated rings. The van der Waals surface area contributed by atoms with Gasteiger partial charge in [-0.3, -0.25) is 18.4 Å². The molecule has 0 rings (SSSR count). The Bertz CT molecular complexity index is 458. The molecule has 0 aromatic heterocycles. The number of esters is 2. The van der Waals surface area contributed by atoms with Crippen molar-refractivity contribution in [1.29, 1.82) is 0 Å². The molecule has 0 N–H and O–H groups in total. The molecule has 0 bridgehead atoms. The molecule has 0 aromatic carbocycles. The molecule has 142 valence electrons. The van der Waals surface area contributed by atoms with Gasteiger partial charge in [-0.15, -0.1) is 0 Å². The molecule has 2 unspecified atom stereocenters. The van der Waals surface area contributed by atoms with Crippen LogP contribution in [0.15, 0.2) is 0 Å². The summed E-state index contributed by atoms with van der Waals surface area (Å²) in [5.74, 6) is -2.32. The number of ether oxygens (including phenoxy) is 2. The van der Waals surface area contributed by atoms with Crippen molar-refractivity contribution in [2.45, 2.75) is 34.1 Å². The Hall–Kier alpha value is -0.760. The number of rotatable bonds is 13. The Kier molecular flexibility index (Phi) is 12.2. The van der Waals surface area contributed by atoms with Gasteiger partial charge in [0.25, 0.3) is 0 Å². The Morgan fingerprint density at radius 2 is 1.50 bits per heavy atom. The molecule has 0 saturated heterocycles. The molecule has 0 amide bonds. The predicted molar refractivity (Wildman–Crippen MR) is 90.1 cm³/mol. The van der Waals surface area contributed by atoms with Crippen LogP contribution in [-0.2, 0) is 43.5 Å². The molecule has 0 aromatic rings. The summed E-state index contributed by atoms with van der Waals surface area (Å²) in [6, 6.07) is 0. The Morgan fingerprint density at radius 3 is 1.96 bits per heavy atom. The molecular weight excluding hydrogens is 359 g/mol. The molecule has 0 saturated carbocycles. The first-order valence-electron chi connectivity index (χ1n) is 7.87. The standard InChI is InChI=1S/C14H27O8PS/c1-5-19-13(15)9-12(14(16)20-6-2)10-24(18)11-23(17,21-7-3)22-8-4/h12H,5-11H2,1-4H3. The van der Waals surface area contributed by atoms with Crippen LogP contribution in [0.1, 0.15) is 34.1 Å². The number of hydrogen-bond donors (Lipinski definition) is 0. The lowest BCUT2D eigenvalue weighted by Gasteiger charge is -2.18. The topological polar surface area (TPSA) is 105 Å². The molecule has 24 heavy (non-hydrogen) atoms. The van der Waals surface area contributed by atoms with Crippen molar-refractivity contribution in [1.82, 2.24) is 0 Å². The van der Waals surface area contributed by atoms with Crippen molar-refractivity contribution in [3.05, 3.63) is 0 Å². The van der Waals surface area contributed by atoms with Gasteiger partial charge in [-0.25, -0.2) is 0 Å². The van der Waals surface area contributed by atoms with Gasteiger partial charge in [0.15, 0.2) is 0 Å². The highest BCUT2D eigenvalue weighted by molar-refractivity contribution is 7.92. The highest BCUT2D eigenvalue weighted by atomic mass is 32.2. The van der Waals surface area contributed by atoms with Crippen LogP contribution < -0.4 is 0 Å². The van der Waals surface area contributed by atoms with Gasteiger partial charge in [0, 0.05) is 16.6 Å². The van der Waals surface area contributed by atoms with Crippen LogP contribution in [0.2, 0.25) is 0 Å². The first-order chi connectivity index (χ1) is 11.3. The molecule has 0 aliphatic heterocycles. The molecular formula is C14H27O8PS. The SMILES string of the molecule is CCOC(=O)CC(CS(=O)CP(=O)(OCC)OCC)C(=O)OCC. The van der Waals surface area contributed by atoms with Gasteiger partial charge in [-0.2, -0.15) is 0 Å². The van der Waals surface area contributed by atoms with Gasteiger partial charge in [0.2, 0.25) is 0 Å². The minimum atomic E-state index is -3.49. The van der Waals surface area contributed by atoms with Crippen LogP contribution in [0.3, 0.4) is 0 Å². The molecule has 0 heterocycles. The van der Waals surface area contributed by atoms with E-state index in [4.69, 9.17) is 18.5 Å². The minimum absolute atomic E-state index is 0.140. The van der Waals surface area contributed by atoms with E-state index in [9.17, 15) is 18.4 Å². The zero-order valence-electron chi connectivity index (χ0n) is 14.6. The van der Waals surface area contributed by atoms with E-state index in [0.29, 0.717) is 0 Å². The van der Waals surface area contributed by atoms with Gasteiger partial charge in [0.05, 0.1) is 38.8 Å². The molecule has 10 heteroatoms. The van der Waals surface area contributed by atoms with Gasteiger partial charge in [-0.05, 0) is 27.7 Å². The zero-order chi connectivity index (χ0) is 18.6. The second kappa shape index (κ2) is 12.6. The number of carbonyl (C=O) groups is 2. The van der Waals surface area contributed by atoms with Gasteiger partial charge in [-0.1, -0.05) is 0 Å². The van der Waals surface area contributed by atoms with Crippen LogP contribution in [-0.4, -0.2) is 53.8 Å². The molecule has 0 aliphatic carbocycles. The van der Waals surface area contributed by atoms with E-state index in [2.05, 4.69) is 0 Å². The van der Waals surface area contributed by atoms with Crippen molar-refractivity contribution in [3.63, 3.8) is 0 Å². The summed E-state index contributed by atoms with van der Waals surface area (Å²) >= 11 is 0. The zero-order valence-corrected chi connectivity index (χ0v) is 16.4. The van der Waals surface area contributed by atoms with Crippen LogP contribution in [0.4, 0.5) is 0 Å².